The minimum Gasteiger partial charge on any atom is -0.371 e. The lowest BCUT2D eigenvalue weighted by molar-refractivity contribution is 0.0963. The molecule has 1 amide bonds. The zero-order chi connectivity index (χ0) is 18.7. The Morgan fingerprint density at radius 1 is 1.15 bits per heavy atom. The second-order valence-corrected chi connectivity index (χ2v) is 8.15. The van der Waals surface area contributed by atoms with E-state index in [-0.39, 0.29) is 11.4 Å². The van der Waals surface area contributed by atoms with Gasteiger partial charge in [-0.2, -0.15) is 11.8 Å². The van der Waals surface area contributed by atoms with Crippen molar-refractivity contribution in [1.82, 2.24) is 10.6 Å². The maximum absolute atomic E-state index is 11.7. The van der Waals surface area contributed by atoms with Gasteiger partial charge in [0.2, 0.25) is 0 Å². The molecule has 0 radical (unpaired) electrons. The fourth-order valence-electron chi connectivity index (χ4n) is 3.62. The van der Waals surface area contributed by atoms with E-state index in [0.29, 0.717) is 12.1 Å². The number of thioether (sulfide) groups is 1. The van der Waals surface area contributed by atoms with Crippen LogP contribution in [0.1, 0.15) is 28.8 Å². The molecule has 2 aromatic carbocycles. The Bertz CT molecular complexity index is 857. The summed E-state index contributed by atoms with van der Waals surface area (Å²) in [6.45, 7) is 0.686. The molecule has 0 unspecified atom stereocenters. The zero-order valence-corrected chi connectivity index (χ0v) is 16.2. The molecule has 0 aliphatic carbocycles. The molecular formula is C21H24N4OS. The summed E-state index contributed by atoms with van der Waals surface area (Å²) in [5.41, 5.74) is 3.79. The number of hydrogen-bond donors (Lipinski definition) is 3. The first kappa shape index (κ1) is 17.9. The number of nitrogens with zero attached hydrogens (tertiary/aromatic N) is 1. The van der Waals surface area contributed by atoms with Crippen LogP contribution >= 0.6 is 11.8 Å². The average molecular weight is 381 g/mol. The van der Waals surface area contributed by atoms with Gasteiger partial charge in [0, 0.05) is 19.2 Å². The Balaban J connectivity index is 1.55. The number of anilines is 1. The Hall–Kier alpha value is -2.47. The number of benzene rings is 2. The van der Waals surface area contributed by atoms with Crippen molar-refractivity contribution in [3.63, 3.8) is 0 Å². The summed E-state index contributed by atoms with van der Waals surface area (Å²) in [7, 11) is 1.64. The first-order chi connectivity index (χ1) is 13.2. The van der Waals surface area contributed by atoms with Crippen molar-refractivity contribution in [2.45, 2.75) is 24.9 Å². The van der Waals surface area contributed by atoms with E-state index in [1.807, 2.05) is 48.2 Å². The Morgan fingerprint density at radius 3 is 2.63 bits per heavy atom. The normalized spacial score (nSPS) is 17.4. The molecule has 5 nitrogen and oxygen atoms in total. The second kappa shape index (κ2) is 7.64. The molecular weight excluding hydrogens is 356 g/mol. The molecule has 1 saturated heterocycles. The molecule has 2 aliphatic rings. The summed E-state index contributed by atoms with van der Waals surface area (Å²) in [4.78, 5) is 16.7. The standard InChI is InChI=1S/C21H24N4OS/c1-22-19(26)16-8-6-15(7-9-16)14-23-20-21(10-12-27-13-11-21)25-18-5-3-2-4-17(18)24-20/h2-9,25H,10-14H2,1H3,(H,22,26)(H,23,24). The van der Waals surface area contributed by atoms with Crippen molar-refractivity contribution in [3.05, 3.63) is 59.7 Å². The number of fused-ring (bicyclic) bond motifs is 1. The van der Waals surface area contributed by atoms with Gasteiger partial charge in [0.25, 0.3) is 5.91 Å². The maximum atomic E-state index is 11.7. The molecule has 0 atom stereocenters. The van der Waals surface area contributed by atoms with Crippen LogP contribution < -0.4 is 16.0 Å². The number of amides is 1. The van der Waals surface area contributed by atoms with Crippen LogP contribution in [0.3, 0.4) is 0 Å². The number of aliphatic imine (C=N–C) groups is 1. The van der Waals surface area contributed by atoms with Gasteiger partial charge in [-0.05, 0) is 54.2 Å². The molecule has 2 aromatic rings. The minimum atomic E-state index is -0.109. The van der Waals surface area contributed by atoms with Crippen molar-refractivity contribution in [1.29, 1.82) is 0 Å². The van der Waals surface area contributed by atoms with Gasteiger partial charge in [0.1, 0.15) is 5.84 Å². The molecule has 6 heteroatoms. The van der Waals surface area contributed by atoms with Crippen LogP contribution in [0.4, 0.5) is 11.4 Å². The highest BCUT2D eigenvalue weighted by molar-refractivity contribution is 7.99. The smallest absolute Gasteiger partial charge is 0.251 e. The highest BCUT2D eigenvalue weighted by Gasteiger charge is 2.40. The van der Waals surface area contributed by atoms with Crippen molar-refractivity contribution in [2.75, 3.05) is 23.9 Å². The van der Waals surface area contributed by atoms with Gasteiger partial charge in [-0.1, -0.05) is 24.3 Å². The Morgan fingerprint density at radius 2 is 1.89 bits per heavy atom. The van der Waals surface area contributed by atoms with E-state index in [2.05, 4.69) is 28.1 Å². The summed E-state index contributed by atoms with van der Waals surface area (Å²) >= 11 is 2.01. The molecule has 27 heavy (non-hydrogen) atoms. The molecule has 2 aliphatic heterocycles. The monoisotopic (exact) mass is 380 g/mol. The van der Waals surface area contributed by atoms with Crippen molar-refractivity contribution in [3.8, 4) is 0 Å². The summed E-state index contributed by atoms with van der Waals surface area (Å²) in [5.74, 6) is 3.23. The number of hydrogen-bond acceptors (Lipinski definition) is 5. The summed E-state index contributed by atoms with van der Waals surface area (Å²) in [5, 5.41) is 10.00. The molecule has 0 aromatic heterocycles. The van der Waals surface area contributed by atoms with Crippen molar-refractivity contribution >= 4 is 34.9 Å². The average Bonchev–Trinajstić information content (AvgIpc) is 2.72. The van der Waals surface area contributed by atoms with Crippen molar-refractivity contribution < 1.29 is 4.79 Å². The number of carbonyl (C=O) groups excluding carboxylic acids is 1. The van der Waals surface area contributed by atoms with Crippen molar-refractivity contribution in [2.24, 2.45) is 4.99 Å². The minimum absolute atomic E-state index is 0.0642. The van der Waals surface area contributed by atoms with Crippen LogP contribution in [0.15, 0.2) is 53.5 Å². The van der Waals surface area contributed by atoms with Crippen LogP contribution in [0.2, 0.25) is 0 Å². The lowest BCUT2D eigenvalue weighted by Crippen LogP contribution is -2.55. The lowest BCUT2D eigenvalue weighted by Gasteiger charge is -2.42. The fourth-order valence-corrected chi connectivity index (χ4v) is 4.81. The first-order valence-electron chi connectivity index (χ1n) is 9.29. The summed E-state index contributed by atoms with van der Waals surface area (Å²) in [6.07, 6.45) is 2.13. The highest BCUT2D eigenvalue weighted by Crippen LogP contribution is 2.39. The zero-order valence-electron chi connectivity index (χ0n) is 15.4. The van der Waals surface area contributed by atoms with E-state index in [1.165, 1.54) is 0 Å². The number of para-hydroxylation sites is 2. The predicted molar refractivity (Wildman–Crippen MR) is 113 cm³/mol. The third kappa shape index (κ3) is 3.67. The van der Waals surface area contributed by atoms with Crippen LogP contribution in [-0.2, 0) is 6.54 Å². The predicted octanol–water partition coefficient (Wildman–Crippen LogP) is 3.56. The van der Waals surface area contributed by atoms with Crippen LogP contribution in [0.25, 0.3) is 0 Å². The number of carbonyl (C=O) groups is 1. The highest BCUT2D eigenvalue weighted by atomic mass is 32.2. The van der Waals surface area contributed by atoms with E-state index in [0.717, 1.165) is 47.1 Å². The first-order valence-corrected chi connectivity index (χ1v) is 10.4. The fraction of sp³-hybridized carbons (Fsp3) is 0.333. The van der Waals surface area contributed by atoms with Gasteiger partial charge in [0.15, 0.2) is 0 Å². The quantitative estimate of drug-likeness (QED) is 0.762. The van der Waals surface area contributed by atoms with Crippen LogP contribution in [-0.4, -0.2) is 35.8 Å². The van der Waals surface area contributed by atoms with Crippen LogP contribution in [0.5, 0.6) is 0 Å². The van der Waals surface area contributed by atoms with Gasteiger partial charge in [0.05, 0.1) is 16.9 Å². The lowest BCUT2D eigenvalue weighted by atomic mass is 9.88. The molecule has 140 valence electrons. The number of amidine groups is 1. The summed E-state index contributed by atoms with van der Waals surface area (Å²) < 4.78 is 0. The molecule has 4 rings (SSSR count). The molecule has 3 N–H and O–H groups in total. The van der Waals surface area contributed by atoms with Gasteiger partial charge in [-0.15, -0.1) is 0 Å². The van der Waals surface area contributed by atoms with Gasteiger partial charge >= 0.3 is 0 Å². The molecule has 1 fully saturated rings. The molecule has 1 spiro atoms. The molecule has 0 saturated carbocycles. The summed E-state index contributed by atoms with van der Waals surface area (Å²) in [6, 6.07) is 15.9. The third-order valence-corrected chi connectivity index (χ3v) is 6.20. The second-order valence-electron chi connectivity index (χ2n) is 6.93. The van der Waals surface area contributed by atoms with E-state index in [9.17, 15) is 4.79 Å². The van der Waals surface area contributed by atoms with E-state index >= 15 is 0 Å². The van der Waals surface area contributed by atoms with Gasteiger partial charge < -0.3 is 16.0 Å². The number of nitrogens with one attached hydrogen (secondary N) is 3. The molecule has 2 heterocycles. The third-order valence-electron chi connectivity index (χ3n) is 5.21. The maximum Gasteiger partial charge on any atom is 0.251 e. The van der Waals surface area contributed by atoms with E-state index in [1.54, 1.807) is 7.05 Å². The SMILES string of the molecule is CNC(=O)c1ccc(CNC2=Nc3ccccc3NC23CCSCC3)cc1. The van der Waals surface area contributed by atoms with E-state index < -0.39 is 0 Å². The Labute approximate surface area is 164 Å². The topological polar surface area (TPSA) is 65.5 Å². The largest absolute Gasteiger partial charge is 0.371 e. The Kier molecular flexibility index (Phi) is 5.07. The van der Waals surface area contributed by atoms with Gasteiger partial charge in [-0.25, -0.2) is 4.99 Å². The number of rotatable bonds is 3. The van der Waals surface area contributed by atoms with Crippen LogP contribution in [0, 0.1) is 0 Å². The van der Waals surface area contributed by atoms with Gasteiger partial charge in [-0.3, -0.25) is 4.79 Å². The molecule has 0 bridgehead atoms. The van der Waals surface area contributed by atoms with E-state index in [4.69, 9.17) is 4.99 Å².